The molecular weight excluding hydrogens is 450 g/mol. The van der Waals surface area contributed by atoms with E-state index in [9.17, 15) is 9.18 Å². The summed E-state index contributed by atoms with van der Waals surface area (Å²) in [6, 6.07) is 6.23. The van der Waals surface area contributed by atoms with Crippen molar-refractivity contribution in [2.45, 2.75) is 20.4 Å². The fraction of sp³-hybridized carbons (Fsp3) is 0.500. The van der Waals surface area contributed by atoms with Crippen LogP contribution in [0.25, 0.3) is 0 Å². The predicted octanol–water partition coefficient (Wildman–Crippen LogP) is 2.52. The first-order valence-electron chi connectivity index (χ1n) is 8.29. The van der Waals surface area contributed by atoms with Gasteiger partial charge >= 0.3 is 5.97 Å². The van der Waals surface area contributed by atoms with Crippen molar-refractivity contribution < 1.29 is 13.9 Å². The standard InChI is InChI=1S/C18H23FN4O2.HI/c1-4-21-18(23-10-12(2)15(11-23)17(24)25-3)22-9-14-7-13(8-20)5-6-16(14)19;/h5-7,12,15H,4,9-11H2,1-3H3,(H,21,22);1H. The molecule has 1 aliphatic heterocycles. The van der Waals surface area contributed by atoms with Crippen LogP contribution in [0.2, 0.25) is 0 Å². The second kappa shape index (κ2) is 10.3. The number of nitrogens with zero attached hydrogens (tertiary/aromatic N) is 3. The molecule has 6 nitrogen and oxygen atoms in total. The van der Waals surface area contributed by atoms with E-state index in [1.807, 2.05) is 24.8 Å². The second-order valence-corrected chi connectivity index (χ2v) is 6.10. The summed E-state index contributed by atoms with van der Waals surface area (Å²) < 4.78 is 18.8. The molecule has 0 saturated carbocycles. The molecule has 0 aromatic heterocycles. The summed E-state index contributed by atoms with van der Waals surface area (Å²) in [5, 5.41) is 12.1. The monoisotopic (exact) mass is 474 g/mol. The summed E-state index contributed by atoms with van der Waals surface area (Å²) in [5.41, 5.74) is 0.767. The fourth-order valence-electron chi connectivity index (χ4n) is 2.95. The molecule has 1 aromatic rings. The highest BCUT2D eigenvalue weighted by Gasteiger charge is 2.36. The van der Waals surface area contributed by atoms with E-state index in [4.69, 9.17) is 10.00 Å². The number of aliphatic imine (C=N–C) groups is 1. The zero-order chi connectivity index (χ0) is 18.4. The molecule has 8 heteroatoms. The lowest BCUT2D eigenvalue weighted by Crippen LogP contribution is -2.40. The Morgan fingerprint density at radius 3 is 2.85 bits per heavy atom. The quantitative estimate of drug-likeness (QED) is 0.314. The van der Waals surface area contributed by atoms with Gasteiger partial charge in [-0.15, -0.1) is 24.0 Å². The third-order valence-corrected chi connectivity index (χ3v) is 4.32. The molecule has 0 bridgehead atoms. The van der Waals surface area contributed by atoms with Gasteiger partial charge in [0.1, 0.15) is 5.82 Å². The summed E-state index contributed by atoms with van der Waals surface area (Å²) >= 11 is 0. The van der Waals surface area contributed by atoms with Gasteiger partial charge in [0.2, 0.25) is 0 Å². The number of rotatable bonds is 4. The van der Waals surface area contributed by atoms with Gasteiger partial charge in [-0.25, -0.2) is 9.38 Å². The van der Waals surface area contributed by atoms with Crippen molar-refractivity contribution in [3.8, 4) is 6.07 Å². The maximum Gasteiger partial charge on any atom is 0.310 e. The number of carbonyl (C=O) groups excluding carboxylic acids is 1. The van der Waals surface area contributed by atoms with Gasteiger partial charge in [-0.1, -0.05) is 6.92 Å². The molecule has 0 radical (unpaired) electrons. The lowest BCUT2D eigenvalue weighted by Gasteiger charge is -2.21. The Morgan fingerprint density at radius 1 is 1.50 bits per heavy atom. The van der Waals surface area contributed by atoms with E-state index < -0.39 is 0 Å². The van der Waals surface area contributed by atoms with Gasteiger partial charge in [-0.05, 0) is 31.0 Å². The smallest absolute Gasteiger partial charge is 0.310 e. The molecule has 0 amide bonds. The van der Waals surface area contributed by atoms with Gasteiger partial charge in [0, 0.05) is 25.2 Å². The largest absolute Gasteiger partial charge is 0.469 e. The van der Waals surface area contributed by atoms with E-state index in [0.717, 1.165) is 0 Å². The van der Waals surface area contributed by atoms with Crippen molar-refractivity contribution in [3.05, 3.63) is 35.1 Å². The minimum Gasteiger partial charge on any atom is -0.469 e. The highest BCUT2D eigenvalue weighted by Crippen LogP contribution is 2.24. The van der Waals surface area contributed by atoms with Crippen LogP contribution in [0, 0.1) is 29.0 Å². The zero-order valence-electron chi connectivity index (χ0n) is 15.2. The van der Waals surface area contributed by atoms with E-state index >= 15 is 0 Å². The number of ether oxygens (including phenoxy) is 1. The average Bonchev–Trinajstić information content (AvgIpc) is 3.00. The predicted molar refractivity (Wildman–Crippen MR) is 108 cm³/mol. The van der Waals surface area contributed by atoms with Crippen LogP contribution in [-0.2, 0) is 16.1 Å². The fourth-order valence-corrected chi connectivity index (χ4v) is 2.95. The van der Waals surface area contributed by atoms with E-state index in [1.165, 1.54) is 25.3 Å². The molecule has 1 aliphatic rings. The minimum atomic E-state index is -0.388. The Morgan fingerprint density at radius 2 is 2.23 bits per heavy atom. The van der Waals surface area contributed by atoms with Gasteiger partial charge in [-0.3, -0.25) is 4.79 Å². The van der Waals surface area contributed by atoms with Crippen molar-refractivity contribution >= 4 is 35.9 Å². The molecule has 2 atom stereocenters. The molecule has 1 fully saturated rings. The SMILES string of the molecule is CCNC(=NCc1cc(C#N)ccc1F)N1CC(C)C(C(=O)OC)C1.I. The van der Waals surface area contributed by atoms with Gasteiger partial charge in [0.25, 0.3) is 0 Å². The van der Waals surface area contributed by atoms with Gasteiger partial charge in [0.05, 0.1) is 31.2 Å². The number of benzene rings is 1. The normalized spacial score (nSPS) is 19.5. The van der Waals surface area contributed by atoms with Crippen molar-refractivity contribution in [2.75, 3.05) is 26.7 Å². The van der Waals surface area contributed by atoms with E-state index in [2.05, 4.69) is 10.3 Å². The Hall–Kier alpha value is -1.89. The first-order chi connectivity index (χ1) is 12.0. The van der Waals surface area contributed by atoms with Gasteiger partial charge in [0.15, 0.2) is 5.96 Å². The summed E-state index contributed by atoms with van der Waals surface area (Å²) in [7, 11) is 1.39. The molecule has 0 aliphatic carbocycles. The number of nitriles is 1. The van der Waals surface area contributed by atoms with Crippen LogP contribution in [0.3, 0.4) is 0 Å². The summed E-state index contributed by atoms with van der Waals surface area (Å²) in [5.74, 6) is -0.0376. The van der Waals surface area contributed by atoms with Gasteiger partial charge < -0.3 is 15.0 Å². The highest BCUT2D eigenvalue weighted by molar-refractivity contribution is 14.0. The highest BCUT2D eigenvalue weighted by atomic mass is 127. The molecule has 0 spiro atoms. The third kappa shape index (κ3) is 5.30. The van der Waals surface area contributed by atoms with Gasteiger partial charge in [-0.2, -0.15) is 5.26 Å². The van der Waals surface area contributed by atoms with Crippen LogP contribution in [0.15, 0.2) is 23.2 Å². The molecule has 1 heterocycles. The van der Waals surface area contributed by atoms with Crippen LogP contribution in [0.1, 0.15) is 25.0 Å². The molecule has 1 saturated heterocycles. The number of methoxy groups -OCH3 is 1. The van der Waals surface area contributed by atoms with Crippen LogP contribution in [-0.4, -0.2) is 43.6 Å². The molecular formula is C18H24FIN4O2. The van der Waals surface area contributed by atoms with Crippen molar-refractivity contribution in [1.82, 2.24) is 10.2 Å². The van der Waals surface area contributed by atoms with Crippen molar-refractivity contribution in [2.24, 2.45) is 16.8 Å². The lowest BCUT2D eigenvalue weighted by molar-refractivity contribution is -0.145. The molecule has 2 rings (SSSR count). The number of esters is 1. The van der Waals surface area contributed by atoms with Crippen molar-refractivity contribution in [3.63, 3.8) is 0 Å². The maximum atomic E-state index is 13.9. The Labute approximate surface area is 170 Å². The van der Waals surface area contributed by atoms with Crippen LogP contribution in [0.5, 0.6) is 0 Å². The lowest BCUT2D eigenvalue weighted by atomic mass is 9.99. The first-order valence-corrected chi connectivity index (χ1v) is 8.29. The number of nitrogens with one attached hydrogen (secondary N) is 1. The number of guanidine groups is 1. The maximum absolute atomic E-state index is 13.9. The van der Waals surface area contributed by atoms with Crippen molar-refractivity contribution in [1.29, 1.82) is 5.26 Å². The Balaban J connectivity index is 0.00000338. The molecule has 26 heavy (non-hydrogen) atoms. The second-order valence-electron chi connectivity index (χ2n) is 6.10. The van der Waals surface area contributed by atoms with Crippen LogP contribution >= 0.6 is 24.0 Å². The number of carbonyl (C=O) groups is 1. The molecule has 2 unspecified atom stereocenters. The Kier molecular flexibility index (Phi) is 8.78. The van der Waals surface area contributed by atoms with Crippen LogP contribution in [0.4, 0.5) is 4.39 Å². The number of halogens is 2. The summed E-state index contributed by atoms with van der Waals surface area (Å²) in [4.78, 5) is 18.3. The molecule has 1 aromatic carbocycles. The summed E-state index contributed by atoms with van der Waals surface area (Å²) in [6.45, 7) is 5.92. The van der Waals surface area contributed by atoms with E-state index in [0.29, 0.717) is 36.7 Å². The number of hydrogen-bond acceptors (Lipinski definition) is 4. The zero-order valence-corrected chi connectivity index (χ0v) is 17.5. The topological polar surface area (TPSA) is 77.7 Å². The van der Waals surface area contributed by atoms with Crippen LogP contribution < -0.4 is 5.32 Å². The number of hydrogen-bond donors (Lipinski definition) is 1. The Bertz CT molecular complexity index is 705. The van der Waals surface area contributed by atoms with E-state index in [1.54, 1.807) is 0 Å². The summed E-state index contributed by atoms with van der Waals surface area (Å²) in [6.07, 6.45) is 0. The first kappa shape index (κ1) is 22.2. The molecule has 1 N–H and O–H groups in total. The minimum absolute atomic E-state index is 0. The third-order valence-electron chi connectivity index (χ3n) is 4.32. The molecule has 142 valence electrons. The number of likely N-dealkylation sites (tertiary alicyclic amines) is 1. The van der Waals surface area contributed by atoms with E-state index in [-0.39, 0.29) is 54.1 Å². The average molecular weight is 474 g/mol.